The van der Waals surface area contributed by atoms with Crippen molar-refractivity contribution in [3.05, 3.63) is 82.9 Å². The maximum atomic E-state index is 13.6. The number of hydrogen-bond donors (Lipinski definition) is 1. The van der Waals surface area contributed by atoms with Gasteiger partial charge >= 0.3 is 0 Å². The van der Waals surface area contributed by atoms with E-state index in [4.69, 9.17) is 14.2 Å². The Morgan fingerprint density at radius 1 is 0.974 bits per heavy atom. The van der Waals surface area contributed by atoms with Crippen LogP contribution in [-0.2, 0) is 9.59 Å². The zero-order chi connectivity index (χ0) is 27.8. The number of anilines is 2. The first kappa shape index (κ1) is 26.2. The fourth-order valence-electron chi connectivity index (χ4n) is 5.11. The third kappa shape index (κ3) is 4.56. The Kier molecular flexibility index (Phi) is 6.95. The second-order valence-electron chi connectivity index (χ2n) is 9.98. The minimum atomic E-state index is -0.889. The number of likely N-dealkylation sites (N-methyl/N-ethyl adjacent to an activating group) is 1. The topological polar surface area (TPSA) is 88.5 Å². The summed E-state index contributed by atoms with van der Waals surface area (Å²) in [7, 11) is 5.00. The van der Waals surface area contributed by atoms with Crippen molar-refractivity contribution in [3.63, 3.8) is 0 Å². The summed E-state index contributed by atoms with van der Waals surface area (Å²) in [5.74, 6) is 0.232. The molecular weight excluding hydrogens is 496 g/mol. The quantitative estimate of drug-likeness (QED) is 0.264. The molecule has 0 bridgehead atoms. The summed E-state index contributed by atoms with van der Waals surface area (Å²) >= 11 is 0. The van der Waals surface area contributed by atoms with Gasteiger partial charge in [0.25, 0.3) is 11.7 Å². The predicted octanol–water partition coefficient (Wildman–Crippen LogP) is 5.28. The van der Waals surface area contributed by atoms with Crippen molar-refractivity contribution in [2.24, 2.45) is 0 Å². The number of methoxy groups -OCH3 is 2. The van der Waals surface area contributed by atoms with Crippen molar-refractivity contribution < 1.29 is 28.9 Å². The zero-order valence-corrected chi connectivity index (χ0v) is 22.7. The van der Waals surface area contributed by atoms with Crippen LogP contribution in [0.4, 0.5) is 11.4 Å². The average Bonchev–Trinajstić information content (AvgIpc) is 3.22. The lowest BCUT2D eigenvalue weighted by molar-refractivity contribution is -0.132. The number of benzene rings is 3. The van der Waals surface area contributed by atoms with Gasteiger partial charge in [-0.15, -0.1) is 0 Å². The highest BCUT2D eigenvalue weighted by atomic mass is 16.5. The lowest BCUT2D eigenvalue weighted by Crippen LogP contribution is -2.29. The number of ketones is 1. The van der Waals surface area contributed by atoms with Crippen molar-refractivity contribution in [1.82, 2.24) is 0 Å². The van der Waals surface area contributed by atoms with Crippen LogP contribution in [0.15, 0.2) is 66.2 Å². The van der Waals surface area contributed by atoms with E-state index in [1.54, 1.807) is 36.4 Å². The summed E-state index contributed by atoms with van der Waals surface area (Å²) < 4.78 is 16.7. The van der Waals surface area contributed by atoms with Gasteiger partial charge in [-0.05, 0) is 59.5 Å². The summed E-state index contributed by atoms with van der Waals surface area (Å²) in [6, 6.07) is 17.1. The van der Waals surface area contributed by atoms with Crippen LogP contribution in [0.2, 0.25) is 0 Å². The molecule has 2 aliphatic rings. The molecule has 1 unspecified atom stereocenters. The number of fused-ring (bicyclic) bond motifs is 1. The molecule has 0 aromatic heterocycles. The number of Topliss-reactive ketones (excluding diaryl/α,β-unsaturated/α-hetero) is 1. The zero-order valence-electron chi connectivity index (χ0n) is 22.7. The molecule has 1 atom stereocenters. The molecular formula is C31H32N2O6. The average molecular weight is 529 g/mol. The summed E-state index contributed by atoms with van der Waals surface area (Å²) in [5, 5.41) is 11.6. The second-order valence-corrected chi connectivity index (χ2v) is 9.98. The first-order chi connectivity index (χ1) is 18.7. The third-order valence-electron chi connectivity index (χ3n) is 7.33. The molecule has 0 aliphatic carbocycles. The van der Waals surface area contributed by atoms with Crippen molar-refractivity contribution in [3.8, 4) is 17.2 Å². The predicted molar refractivity (Wildman–Crippen MR) is 150 cm³/mol. The maximum absolute atomic E-state index is 13.6. The molecule has 202 valence electrons. The molecule has 8 nitrogen and oxygen atoms in total. The Balaban J connectivity index is 1.70. The molecule has 1 amide bonds. The molecule has 5 rings (SSSR count). The van der Waals surface area contributed by atoms with E-state index in [1.807, 2.05) is 36.2 Å². The molecule has 1 saturated heterocycles. The van der Waals surface area contributed by atoms with Crippen LogP contribution in [0.5, 0.6) is 17.2 Å². The van der Waals surface area contributed by atoms with Gasteiger partial charge < -0.3 is 24.2 Å². The van der Waals surface area contributed by atoms with E-state index in [0.717, 1.165) is 11.3 Å². The number of carbonyl (C=O) groups excluding carboxylic acids is 2. The highest BCUT2D eigenvalue weighted by Gasteiger charge is 2.47. The van der Waals surface area contributed by atoms with Crippen molar-refractivity contribution >= 4 is 28.8 Å². The van der Waals surface area contributed by atoms with Gasteiger partial charge in [-0.1, -0.05) is 32.0 Å². The molecule has 3 aromatic carbocycles. The fourth-order valence-corrected chi connectivity index (χ4v) is 5.11. The Hall–Kier alpha value is -4.46. The van der Waals surface area contributed by atoms with Crippen LogP contribution < -0.4 is 24.0 Å². The summed E-state index contributed by atoms with van der Waals surface area (Å²) in [5.41, 5.74) is 3.48. The normalized spacial score (nSPS) is 18.3. The second kappa shape index (κ2) is 10.4. The van der Waals surface area contributed by atoms with Gasteiger partial charge in [-0.25, -0.2) is 0 Å². The highest BCUT2D eigenvalue weighted by molar-refractivity contribution is 6.51. The molecule has 1 N–H and O–H groups in total. The van der Waals surface area contributed by atoms with Crippen molar-refractivity contribution in [2.75, 3.05) is 44.2 Å². The number of ether oxygens (including phenoxy) is 3. The highest BCUT2D eigenvalue weighted by Crippen LogP contribution is 2.45. The number of amides is 1. The molecule has 3 aromatic rings. The van der Waals surface area contributed by atoms with Crippen LogP contribution in [0.3, 0.4) is 0 Å². The van der Waals surface area contributed by atoms with Gasteiger partial charge in [0.15, 0.2) is 11.5 Å². The van der Waals surface area contributed by atoms with E-state index in [0.29, 0.717) is 53.1 Å². The SMILES string of the molecule is COc1ccc(C2/C(=C(\O)c3ccc4c(c3)N(C)CCO4)C(=O)C(=O)N2c2ccc(C(C)C)cc2)cc1OC. The summed E-state index contributed by atoms with van der Waals surface area (Å²) in [4.78, 5) is 30.6. The summed E-state index contributed by atoms with van der Waals surface area (Å²) in [6.07, 6.45) is 0. The molecule has 0 saturated carbocycles. The molecule has 2 heterocycles. The lowest BCUT2D eigenvalue weighted by Gasteiger charge is -2.28. The number of carbonyl (C=O) groups is 2. The molecule has 2 aliphatic heterocycles. The van der Waals surface area contributed by atoms with E-state index in [-0.39, 0.29) is 11.3 Å². The third-order valence-corrected chi connectivity index (χ3v) is 7.33. The monoisotopic (exact) mass is 528 g/mol. The molecule has 0 radical (unpaired) electrons. The smallest absolute Gasteiger partial charge is 0.300 e. The van der Waals surface area contributed by atoms with E-state index in [1.165, 1.54) is 19.1 Å². The molecule has 0 spiro atoms. The minimum absolute atomic E-state index is 0.000475. The summed E-state index contributed by atoms with van der Waals surface area (Å²) in [6.45, 7) is 5.44. The molecule has 1 fully saturated rings. The fraction of sp³-hybridized carbons (Fsp3) is 0.290. The van der Waals surface area contributed by atoms with Crippen LogP contribution in [0.1, 0.15) is 42.5 Å². The number of nitrogens with zero attached hydrogens (tertiary/aromatic N) is 2. The first-order valence-corrected chi connectivity index (χ1v) is 12.9. The standard InChI is InChI=1S/C31H32N2O6/c1-18(2)19-6-10-22(11-7-19)33-28(20-8-13-25(37-4)26(17-20)38-5)27(30(35)31(33)36)29(34)21-9-12-24-23(16-21)32(3)14-15-39-24/h6-13,16-18,28,34H,14-15H2,1-5H3/b29-27+. The Morgan fingerprint density at radius 2 is 1.69 bits per heavy atom. The Labute approximate surface area is 228 Å². The number of aliphatic hydroxyl groups excluding tert-OH is 1. The molecule has 8 heteroatoms. The van der Waals surface area contributed by atoms with Crippen molar-refractivity contribution in [1.29, 1.82) is 0 Å². The van der Waals surface area contributed by atoms with E-state index in [9.17, 15) is 14.7 Å². The van der Waals surface area contributed by atoms with Gasteiger partial charge in [0, 0.05) is 18.3 Å². The van der Waals surface area contributed by atoms with Gasteiger partial charge in [0.1, 0.15) is 18.1 Å². The molecule has 39 heavy (non-hydrogen) atoms. The van der Waals surface area contributed by atoms with E-state index in [2.05, 4.69) is 13.8 Å². The minimum Gasteiger partial charge on any atom is -0.507 e. The number of hydrogen-bond acceptors (Lipinski definition) is 7. The van der Waals surface area contributed by atoms with Gasteiger partial charge in [0.2, 0.25) is 0 Å². The Bertz CT molecular complexity index is 1460. The van der Waals surface area contributed by atoms with Gasteiger partial charge in [-0.2, -0.15) is 0 Å². The lowest BCUT2D eigenvalue weighted by atomic mass is 9.94. The van der Waals surface area contributed by atoms with E-state index < -0.39 is 17.7 Å². The Morgan fingerprint density at radius 3 is 2.36 bits per heavy atom. The first-order valence-electron chi connectivity index (χ1n) is 12.9. The number of aliphatic hydroxyl groups is 1. The number of rotatable bonds is 6. The maximum Gasteiger partial charge on any atom is 0.300 e. The van der Waals surface area contributed by atoms with Crippen LogP contribution in [-0.4, -0.2) is 51.2 Å². The van der Waals surface area contributed by atoms with Gasteiger partial charge in [0.05, 0.1) is 38.1 Å². The van der Waals surface area contributed by atoms with Crippen LogP contribution >= 0.6 is 0 Å². The van der Waals surface area contributed by atoms with Crippen LogP contribution in [0, 0.1) is 0 Å². The largest absolute Gasteiger partial charge is 0.507 e. The van der Waals surface area contributed by atoms with E-state index >= 15 is 0 Å². The van der Waals surface area contributed by atoms with Crippen molar-refractivity contribution in [2.45, 2.75) is 25.8 Å². The van der Waals surface area contributed by atoms with Gasteiger partial charge in [-0.3, -0.25) is 14.5 Å². The van der Waals surface area contributed by atoms with Crippen LogP contribution in [0.25, 0.3) is 5.76 Å².